The number of likely N-dealkylation sites (N-methyl/N-ethyl adjacent to an activating group) is 1. The van der Waals surface area contributed by atoms with Crippen molar-refractivity contribution in [3.63, 3.8) is 0 Å². The standard InChI is InChI=1S/C23H23N3O3/c1-16-23(27)26(2)21-12-19(8-9-22(21)29-16)25-14-17-5-3-7-20(11-17)28-15-18-6-4-10-24-13-18/h3-13,16,25H,14-15H2,1-2H3/t16-/m0/s1. The summed E-state index contributed by atoms with van der Waals surface area (Å²) in [5.74, 6) is 1.48. The van der Waals surface area contributed by atoms with E-state index in [1.807, 2.05) is 54.6 Å². The number of benzene rings is 2. The summed E-state index contributed by atoms with van der Waals surface area (Å²) in [7, 11) is 1.77. The molecule has 4 rings (SSSR count). The normalized spacial score (nSPS) is 15.4. The van der Waals surface area contributed by atoms with Gasteiger partial charge in [0.1, 0.15) is 18.1 Å². The first kappa shape index (κ1) is 18.8. The van der Waals surface area contributed by atoms with Crippen LogP contribution >= 0.6 is 0 Å². The molecular formula is C23H23N3O3. The molecule has 0 saturated heterocycles. The quantitative estimate of drug-likeness (QED) is 0.690. The first-order chi connectivity index (χ1) is 14.1. The molecule has 0 radical (unpaired) electrons. The average Bonchev–Trinajstić information content (AvgIpc) is 2.76. The van der Waals surface area contributed by atoms with E-state index in [0.717, 1.165) is 34.0 Å². The summed E-state index contributed by atoms with van der Waals surface area (Å²) in [6, 6.07) is 17.6. The Morgan fingerprint density at radius 1 is 1.14 bits per heavy atom. The zero-order chi connectivity index (χ0) is 20.2. The lowest BCUT2D eigenvalue weighted by molar-refractivity contribution is -0.125. The molecule has 1 N–H and O–H groups in total. The van der Waals surface area contributed by atoms with Gasteiger partial charge < -0.3 is 19.7 Å². The van der Waals surface area contributed by atoms with E-state index in [0.29, 0.717) is 13.2 Å². The van der Waals surface area contributed by atoms with Crippen LogP contribution in [0.3, 0.4) is 0 Å². The molecule has 2 heterocycles. The van der Waals surface area contributed by atoms with Gasteiger partial charge in [0.2, 0.25) is 0 Å². The molecular weight excluding hydrogens is 366 g/mol. The van der Waals surface area contributed by atoms with Gasteiger partial charge in [0.05, 0.1) is 5.69 Å². The van der Waals surface area contributed by atoms with Gasteiger partial charge in [0.25, 0.3) is 5.91 Å². The first-order valence-corrected chi connectivity index (χ1v) is 9.53. The van der Waals surface area contributed by atoms with Crippen molar-refractivity contribution in [2.45, 2.75) is 26.2 Å². The molecule has 6 nitrogen and oxygen atoms in total. The fraction of sp³-hybridized carbons (Fsp3) is 0.217. The van der Waals surface area contributed by atoms with E-state index < -0.39 is 6.10 Å². The Hall–Kier alpha value is -3.54. The van der Waals surface area contributed by atoms with E-state index in [9.17, 15) is 4.79 Å². The largest absolute Gasteiger partial charge is 0.489 e. The van der Waals surface area contributed by atoms with E-state index in [-0.39, 0.29) is 5.91 Å². The van der Waals surface area contributed by atoms with Crippen molar-refractivity contribution in [1.29, 1.82) is 0 Å². The first-order valence-electron chi connectivity index (χ1n) is 9.53. The minimum Gasteiger partial charge on any atom is -0.489 e. The third-order valence-corrected chi connectivity index (χ3v) is 4.83. The SMILES string of the molecule is C[C@@H]1Oc2ccc(NCc3cccc(OCc4cccnc4)c3)cc2N(C)C1=O. The van der Waals surface area contributed by atoms with Gasteiger partial charge in [-0.1, -0.05) is 18.2 Å². The van der Waals surface area contributed by atoms with Crippen LogP contribution in [-0.2, 0) is 17.9 Å². The van der Waals surface area contributed by atoms with Crippen LogP contribution < -0.4 is 19.7 Å². The van der Waals surface area contributed by atoms with Gasteiger partial charge in [-0.2, -0.15) is 0 Å². The number of aromatic nitrogens is 1. The number of carbonyl (C=O) groups excluding carboxylic acids is 1. The fourth-order valence-electron chi connectivity index (χ4n) is 3.22. The zero-order valence-electron chi connectivity index (χ0n) is 16.5. The number of hydrogen-bond donors (Lipinski definition) is 1. The summed E-state index contributed by atoms with van der Waals surface area (Å²) in [6.45, 7) is 2.88. The van der Waals surface area contributed by atoms with Crippen LogP contribution in [0.2, 0.25) is 0 Å². The van der Waals surface area contributed by atoms with Crippen LogP contribution in [0.4, 0.5) is 11.4 Å². The van der Waals surface area contributed by atoms with Crippen molar-refractivity contribution in [3.8, 4) is 11.5 Å². The van der Waals surface area contributed by atoms with Crippen molar-refractivity contribution < 1.29 is 14.3 Å². The molecule has 0 bridgehead atoms. The molecule has 1 amide bonds. The predicted octanol–water partition coefficient (Wildman–Crippen LogP) is 4.02. The van der Waals surface area contributed by atoms with Crippen LogP contribution in [-0.4, -0.2) is 24.0 Å². The van der Waals surface area contributed by atoms with Crippen molar-refractivity contribution in [1.82, 2.24) is 4.98 Å². The summed E-state index contributed by atoms with van der Waals surface area (Å²) in [6.07, 6.45) is 3.09. The smallest absolute Gasteiger partial charge is 0.267 e. The molecule has 6 heteroatoms. The minimum atomic E-state index is -0.458. The second kappa shape index (κ2) is 8.22. The number of anilines is 2. The molecule has 1 aliphatic rings. The van der Waals surface area contributed by atoms with Gasteiger partial charge in [-0.05, 0) is 48.9 Å². The summed E-state index contributed by atoms with van der Waals surface area (Å²) in [5, 5.41) is 3.40. The van der Waals surface area contributed by atoms with Crippen molar-refractivity contribution in [2.75, 3.05) is 17.3 Å². The van der Waals surface area contributed by atoms with Gasteiger partial charge in [-0.15, -0.1) is 0 Å². The molecule has 2 aromatic carbocycles. The van der Waals surface area contributed by atoms with E-state index in [1.165, 1.54) is 0 Å². The number of rotatable bonds is 6. The van der Waals surface area contributed by atoms with Crippen molar-refractivity contribution in [2.24, 2.45) is 0 Å². The topological polar surface area (TPSA) is 63.7 Å². The Morgan fingerprint density at radius 3 is 2.83 bits per heavy atom. The molecule has 0 fully saturated rings. The molecule has 1 aliphatic heterocycles. The zero-order valence-corrected chi connectivity index (χ0v) is 16.5. The van der Waals surface area contributed by atoms with Crippen LogP contribution in [0, 0.1) is 0 Å². The number of nitrogens with zero attached hydrogens (tertiary/aromatic N) is 2. The van der Waals surface area contributed by atoms with E-state index in [1.54, 1.807) is 31.3 Å². The number of pyridine rings is 1. The lowest BCUT2D eigenvalue weighted by Gasteiger charge is -2.30. The third kappa shape index (κ3) is 4.32. The molecule has 0 spiro atoms. The van der Waals surface area contributed by atoms with E-state index in [2.05, 4.69) is 10.3 Å². The third-order valence-electron chi connectivity index (χ3n) is 4.83. The number of hydrogen-bond acceptors (Lipinski definition) is 5. The summed E-state index contributed by atoms with van der Waals surface area (Å²) >= 11 is 0. The maximum absolute atomic E-state index is 12.1. The molecule has 0 saturated carbocycles. The summed E-state index contributed by atoms with van der Waals surface area (Å²) in [5.41, 5.74) is 3.82. The summed E-state index contributed by atoms with van der Waals surface area (Å²) in [4.78, 5) is 17.9. The fourth-order valence-corrected chi connectivity index (χ4v) is 3.22. The Kier molecular flexibility index (Phi) is 5.33. The van der Waals surface area contributed by atoms with Crippen LogP contribution in [0.25, 0.3) is 0 Å². The van der Waals surface area contributed by atoms with Gasteiger partial charge in [-0.3, -0.25) is 9.78 Å². The molecule has 0 aliphatic carbocycles. The maximum atomic E-state index is 12.1. The van der Waals surface area contributed by atoms with Gasteiger partial charge in [0, 0.05) is 37.2 Å². The molecule has 148 valence electrons. The average molecular weight is 389 g/mol. The Bertz CT molecular complexity index is 1010. The van der Waals surface area contributed by atoms with E-state index >= 15 is 0 Å². The highest BCUT2D eigenvalue weighted by molar-refractivity contribution is 5.99. The second-order valence-corrected chi connectivity index (χ2v) is 6.99. The minimum absolute atomic E-state index is 0.0480. The number of nitrogens with one attached hydrogen (secondary N) is 1. The van der Waals surface area contributed by atoms with Crippen LogP contribution in [0.1, 0.15) is 18.1 Å². The molecule has 1 aromatic heterocycles. The summed E-state index contributed by atoms with van der Waals surface area (Å²) < 4.78 is 11.5. The van der Waals surface area contributed by atoms with Crippen LogP contribution in [0.15, 0.2) is 67.0 Å². The monoisotopic (exact) mass is 389 g/mol. The van der Waals surface area contributed by atoms with Gasteiger partial charge >= 0.3 is 0 Å². The molecule has 3 aromatic rings. The lowest BCUT2D eigenvalue weighted by Crippen LogP contribution is -2.41. The van der Waals surface area contributed by atoms with Crippen molar-refractivity contribution >= 4 is 17.3 Å². The van der Waals surface area contributed by atoms with Gasteiger partial charge in [0.15, 0.2) is 6.10 Å². The second-order valence-electron chi connectivity index (χ2n) is 6.99. The lowest BCUT2D eigenvalue weighted by atomic mass is 10.1. The Labute approximate surface area is 170 Å². The predicted molar refractivity (Wildman–Crippen MR) is 112 cm³/mol. The molecule has 29 heavy (non-hydrogen) atoms. The van der Waals surface area contributed by atoms with Crippen LogP contribution in [0.5, 0.6) is 11.5 Å². The Balaban J connectivity index is 1.40. The number of fused-ring (bicyclic) bond motifs is 1. The highest BCUT2D eigenvalue weighted by atomic mass is 16.5. The number of carbonyl (C=O) groups is 1. The highest BCUT2D eigenvalue weighted by Crippen LogP contribution is 2.35. The number of ether oxygens (including phenoxy) is 2. The molecule has 0 unspecified atom stereocenters. The van der Waals surface area contributed by atoms with Crippen molar-refractivity contribution in [3.05, 3.63) is 78.1 Å². The maximum Gasteiger partial charge on any atom is 0.267 e. The molecule has 1 atom stereocenters. The number of amides is 1. The Morgan fingerprint density at radius 2 is 2.00 bits per heavy atom. The van der Waals surface area contributed by atoms with Gasteiger partial charge in [-0.25, -0.2) is 0 Å². The highest BCUT2D eigenvalue weighted by Gasteiger charge is 2.28. The van der Waals surface area contributed by atoms with E-state index in [4.69, 9.17) is 9.47 Å².